The second kappa shape index (κ2) is 9.86. The minimum atomic E-state index is -0.839. The number of nitrogens with two attached hydrogens (primary N) is 1. The Kier molecular flexibility index (Phi) is 6.13. The first kappa shape index (κ1) is 25.5. The van der Waals surface area contributed by atoms with Crippen LogP contribution in [-0.2, 0) is 5.54 Å². The SMILES string of the molecule is CC(N)(c1ccc(F)cc1)c1cnc(N2CC=C(c3ncnn4cc(-c5cnn(C6CC(O)C6)c5)cc34)CC2)nc1. The van der Waals surface area contributed by atoms with Crippen molar-refractivity contribution in [3.8, 4) is 11.1 Å². The van der Waals surface area contributed by atoms with Crippen molar-refractivity contribution in [3.05, 3.63) is 96.4 Å². The average Bonchev–Trinajstić information content (AvgIpc) is 3.63. The molecule has 1 saturated carbocycles. The number of aliphatic hydroxyl groups is 1. The number of halogens is 1. The number of hydrogen-bond acceptors (Lipinski definition) is 8. The van der Waals surface area contributed by atoms with Gasteiger partial charge in [0.2, 0.25) is 5.95 Å². The quantitative estimate of drug-likeness (QED) is 0.327. The molecule has 1 aromatic carbocycles. The molecule has 1 aliphatic carbocycles. The molecule has 5 aromatic rings. The van der Waals surface area contributed by atoms with Gasteiger partial charge in [0.05, 0.1) is 35.1 Å². The van der Waals surface area contributed by atoms with Gasteiger partial charge in [0.15, 0.2) is 0 Å². The molecule has 0 bridgehead atoms. The van der Waals surface area contributed by atoms with Gasteiger partial charge in [0, 0.05) is 54.6 Å². The second-order valence-corrected chi connectivity index (χ2v) is 11.1. The van der Waals surface area contributed by atoms with E-state index < -0.39 is 5.54 Å². The second-order valence-electron chi connectivity index (χ2n) is 11.1. The molecule has 1 unspecified atom stereocenters. The van der Waals surface area contributed by atoms with Gasteiger partial charge in [0.1, 0.15) is 12.1 Å². The minimum Gasteiger partial charge on any atom is -0.393 e. The molecule has 11 heteroatoms. The molecule has 3 N–H and O–H groups in total. The maximum absolute atomic E-state index is 13.4. The molecule has 1 aliphatic heterocycles. The fourth-order valence-electron chi connectivity index (χ4n) is 5.58. The van der Waals surface area contributed by atoms with Gasteiger partial charge in [-0.05, 0) is 55.5 Å². The first-order chi connectivity index (χ1) is 19.8. The fraction of sp³-hybridized carbons (Fsp3) is 0.300. The first-order valence-electron chi connectivity index (χ1n) is 13.7. The van der Waals surface area contributed by atoms with E-state index in [0.29, 0.717) is 12.5 Å². The molecular weight excluding hydrogens is 521 g/mol. The maximum atomic E-state index is 13.4. The van der Waals surface area contributed by atoms with Gasteiger partial charge in [-0.25, -0.2) is 23.9 Å². The lowest BCUT2D eigenvalue weighted by atomic mass is 9.87. The van der Waals surface area contributed by atoms with Crippen LogP contribution in [0.25, 0.3) is 22.2 Å². The number of aromatic nitrogens is 7. The van der Waals surface area contributed by atoms with Crippen LogP contribution in [0.3, 0.4) is 0 Å². The number of aliphatic hydroxyl groups excluding tert-OH is 1. The summed E-state index contributed by atoms with van der Waals surface area (Å²) >= 11 is 0. The lowest BCUT2D eigenvalue weighted by Crippen LogP contribution is -2.35. The van der Waals surface area contributed by atoms with Crippen molar-refractivity contribution in [1.29, 1.82) is 0 Å². The number of nitrogens with zero attached hydrogens (tertiary/aromatic N) is 8. The van der Waals surface area contributed by atoms with E-state index in [1.54, 1.807) is 30.9 Å². The van der Waals surface area contributed by atoms with E-state index in [2.05, 4.69) is 42.2 Å². The highest BCUT2D eigenvalue weighted by molar-refractivity contribution is 5.80. The van der Waals surface area contributed by atoms with Crippen molar-refractivity contribution in [3.63, 3.8) is 0 Å². The van der Waals surface area contributed by atoms with Gasteiger partial charge < -0.3 is 15.7 Å². The van der Waals surface area contributed by atoms with Gasteiger partial charge in [-0.15, -0.1) is 0 Å². The molecule has 0 saturated heterocycles. The number of anilines is 1. The molecule has 5 heterocycles. The Bertz CT molecular complexity index is 1730. The lowest BCUT2D eigenvalue weighted by Gasteiger charge is -2.31. The molecule has 10 nitrogen and oxygen atoms in total. The third-order valence-corrected chi connectivity index (χ3v) is 8.28. The van der Waals surface area contributed by atoms with Crippen LogP contribution in [-0.4, -0.2) is 58.6 Å². The van der Waals surface area contributed by atoms with Crippen LogP contribution in [0.2, 0.25) is 0 Å². The van der Waals surface area contributed by atoms with Crippen LogP contribution in [0.4, 0.5) is 10.3 Å². The standard InChI is InChI=1S/C30H30FN9O/c1-30(32,22-2-4-24(31)5-3-22)23-14-33-29(34-15-23)38-8-6-19(7-9-38)28-27-10-20(16-40(27)37-18-35-28)21-13-36-39(17-21)25-11-26(41)12-25/h2-6,10,13-18,25-26,41H,7-9,11-12,32H2,1H3. The molecule has 41 heavy (non-hydrogen) atoms. The Morgan fingerprint density at radius 1 is 0.976 bits per heavy atom. The number of hydrogen-bond donors (Lipinski definition) is 2. The van der Waals surface area contributed by atoms with Crippen LogP contribution in [0.5, 0.6) is 0 Å². The average molecular weight is 552 g/mol. The zero-order valence-electron chi connectivity index (χ0n) is 22.6. The molecule has 1 atom stereocenters. The van der Waals surface area contributed by atoms with E-state index >= 15 is 0 Å². The Morgan fingerprint density at radius 3 is 2.46 bits per heavy atom. The van der Waals surface area contributed by atoms with E-state index in [1.165, 1.54) is 12.1 Å². The highest BCUT2D eigenvalue weighted by Gasteiger charge is 2.29. The summed E-state index contributed by atoms with van der Waals surface area (Å²) in [5.41, 5.74) is 12.3. The molecule has 0 radical (unpaired) electrons. The van der Waals surface area contributed by atoms with E-state index in [-0.39, 0.29) is 18.0 Å². The summed E-state index contributed by atoms with van der Waals surface area (Å²) in [6.45, 7) is 3.26. The van der Waals surface area contributed by atoms with Crippen molar-refractivity contribution < 1.29 is 9.50 Å². The topological polar surface area (TPSA) is 123 Å². The first-order valence-corrected chi connectivity index (χ1v) is 13.7. The Morgan fingerprint density at radius 2 is 1.76 bits per heavy atom. The zero-order valence-corrected chi connectivity index (χ0v) is 22.6. The van der Waals surface area contributed by atoms with E-state index in [0.717, 1.165) is 64.8 Å². The number of benzene rings is 1. The molecule has 208 valence electrons. The van der Waals surface area contributed by atoms with Crippen LogP contribution in [0, 0.1) is 5.82 Å². The van der Waals surface area contributed by atoms with Crippen molar-refractivity contribution in [2.24, 2.45) is 5.73 Å². The molecule has 1 fully saturated rings. The van der Waals surface area contributed by atoms with Crippen molar-refractivity contribution in [2.45, 2.75) is 43.9 Å². The predicted octanol–water partition coefficient (Wildman–Crippen LogP) is 3.73. The van der Waals surface area contributed by atoms with Crippen LogP contribution < -0.4 is 10.6 Å². The summed E-state index contributed by atoms with van der Waals surface area (Å²) in [7, 11) is 0. The third-order valence-electron chi connectivity index (χ3n) is 8.28. The third kappa shape index (κ3) is 4.66. The van der Waals surface area contributed by atoms with Crippen molar-refractivity contribution >= 4 is 17.0 Å². The summed E-state index contributed by atoms with van der Waals surface area (Å²) in [6.07, 6.45) is 15.2. The summed E-state index contributed by atoms with van der Waals surface area (Å²) in [5, 5.41) is 18.6. The van der Waals surface area contributed by atoms with Crippen molar-refractivity contribution in [2.75, 3.05) is 18.0 Å². The molecule has 4 aromatic heterocycles. The van der Waals surface area contributed by atoms with Crippen LogP contribution in [0.15, 0.2) is 73.7 Å². The predicted molar refractivity (Wildman–Crippen MR) is 152 cm³/mol. The Labute approximate surface area is 236 Å². The smallest absolute Gasteiger partial charge is 0.225 e. The minimum absolute atomic E-state index is 0.220. The maximum Gasteiger partial charge on any atom is 0.225 e. The van der Waals surface area contributed by atoms with Crippen molar-refractivity contribution in [1.82, 2.24) is 34.3 Å². The van der Waals surface area contributed by atoms with E-state index in [4.69, 9.17) is 5.73 Å². The van der Waals surface area contributed by atoms with Crippen LogP contribution in [0.1, 0.15) is 49.0 Å². The molecule has 0 spiro atoms. The summed E-state index contributed by atoms with van der Waals surface area (Å²) < 4.78 is 17.2. The van der Waals surface area contributed by atoms with Gasteiger partial charge >= 0.3 is 0 Å². The fourth-order valence-corrected chi connectivity index (χ4v) is 5.58. The van der Waals surface area contributed by atoms with Crippen LogP contribution >= 0.6 is 0 Å². The van der Waals surface area contributed by atoms with Gasteiger partial charge in [-0.2, -0.15) is 10.2 Å². The Hall–Kier alpha value is -4.48. The van der Waals surface area contributed by atoms with E-state index in [9.17, 15) is 9.50 Å². The largest absolute Gasteiger partial charge is 0.393 e. The summed E-state index contributed by atoms with van der Waals surface area (Å²) in [6, 6.07) is 8.55. The van der Waals surface area contributed by atoms with Gasteiger partial charge in [0.25, 0.3) is 0 Å². The van der Waals surface area contributed by atoms with Gasteiger partial charge in [-0.3, -0.25) is 4.68 Å². The van der Waals surface area contributed by atoms with Gasteiger partial charge in [-0.1, -0.05) is 18.2 Å². The Balaban J connectivity index is 1.08. The molecule has 7 rings (SSSR count). The summed E-state index contributed by atoms with van der Waals surface area (Å²) in [4.78, 5) is 16.0. The molecule has 2 aliphatic rings. The number of fused-ring (bicyclic) bond motifs is 1. The molecular formula is C30H30FN9O. The normalized spacial score (nSPS) is 20.5. The lowest BCUT2D eigenvalue weighted by molar-refractivity contribution is 0.0434. The number of rotatable bonds is 6. The van der Waals surface area contributed by atoms with E-state index in [1.807, 2.05) is 34.7 Å². The monoisotopic (exact) mass is 551 g/mol. The highest BCUT2D eigenvalue weighted by Crippen LogP contribution is 2.34. The zero-order chi connectivity index (χ0) is 28.1. The summed E-state index contributed by atoms with van der Waals surface area (Å²) in [5.74, 6) is 0.333. The highest BCUT2D eigenvalue weighted by atomic mass is 19.1. The molecule has 0 amide bonds.